The highest BCUT2D eigenvalue weighted by Crippen LogP contribution is 2.34. The largest absolute Gasteiger partial charge is 0.299 e. The molecule has 1 aromatic heterocycles. The lowest BCUT2D eigenvalue weighted by molar-refractivity contribution is -0.120. The summed E-state index contributed by atoms with van der Waals surface area (Å²) in [5.41, 5.74) is 1.09. The van der Waals surface area contributed by atoms with Crippen LogP contribution in [0.4, 0.5) is 0 Å². The number of pyridine rings is 1. The first-order valence-electron chi connectivity index (χ1n) is 5.20. The quantitative estimate of drug-likeness (QED) is 0.728. The SMILES string of the molecule is CC(C(=O)CC1CC1)c1ccncc1. The van der Waals surface area contributed by atoms with Crippen LogP contribution in [0.25, 0.3) is 0 Å². The van der Waals surface area contributed by atoms with Crippen molar-refractivity contribution in [3.63, 3.8) is 0 Å². The monoisotopic (exact) mass is 189 g/mol. The van der Waals surface area contributed by atoms with Gasteiger partial charge in [-0.1, -0.05) is 6.92 Å². The summed E-state index contributed by atoms with van der Waals surface area (Å²) in [7, 11) is 0. The van der Waals surface area contributed by atoms with Gasteiger partial charge in [-0.2, -0.15) is 0 Å². The van der Waals surface area contributed by atoms with Gasteiger partial charge in [0, 0.05) is 24.7 Å². The Hall–Kier alpha value is -1.18. The minimum atomic E-state index is 0.0404. The summed E-state index contributed by atoms with van der Waals surface area (Å²) in [5, 5.41) is 0. The number of hydrogen-bond acceptors (Lipinski definition) is 2. The molecule has 1 fully saturated rings. The van der Waals surface area contributed by atoms with E-state index >= 15 is 0 Å². The molecule has 2 nitrogen and oxygen atoms in total. The van der Waals surface area contributed by atoms with Gasteiger partial charge in [-0.3, -0.25) is 9.78 Å². The predicted octanol–water partition coefficient (Wildman–Crippen LogP) is 2.55. The second-order valence-corrected chi connectivity index (χ2v) is 4.12. The van der Waals surface area contributed by atoms with Crippen LogP contribution in [-0.2, 0) is 4.79 Å². The summed E-state index contributed by atoms with van der Waals surface area (Å²) in [6.45, 7) is 1.99. The van der Waals surface area contributed by atoms with Crippen molar-refractivity contribution in [2.24, 2.45) is 5.92 Å². The number of hydrogen-bond donors (Lipinski definition) is 0. The van der Waals surface area contributed by atoms with Gasteiger partial charge < -0.3 is 0 Å². The molecule has 1 aromatic rings. The van der Waals surface area contributed by atoms with Crippen molar-refractivity contribution >= 4 is 5.78 Å². The summed E-state index contributed by atoms with van der Waals surface area (Å²) in [6, 6.07) is 3.85. The van der Waals surface area contributed by atoms with Crippen LogP contribution in [-0.4, -0.2) is 10.8 Å². The molecule has 0 saturated heterocycles. The third kappa shape index (κ3) is 2.19. The lowest BCUT2D eigenvalue weighted by Gasteiger charge is -2.09. The number of carbonyl (C=O) groups is 1. The van der Waals surface area contributed by atoms with Crippen molar-refractivity contribution in [1.82, 2.24) is 4.98 Å². The normalized spacial score (nSPS) is 17.8. The molecule has 0 N–H and O–H groups in total. The zero-order valence-electron chi connectivity index (χ0n) is 8.44. The molecule has 1 saturated carbocycles. The first-order chi connectivity index (χ1) is 6.77. The van der Waals surface area contributed by atoms with Crippen molar-refractivity contribution in [3.8, 4) is 0 Å². The van der Waals surface area contributed by atoms with Gasteiger partial charge in [-0.25, -0.2) is 0 Å². The second-order valence-electron chi connectivity index (χ2n) is 4.12. The fourth-order valence-electron chi connectivity index (χ4n) is 1.62. The van der Waals surface area contributed by atoms with Crippen molar-refractivity contribution in [1.29, 1.82) is 0 Å². The highest BCUT2D eigenvalue weighted by Gasteiger charge is 2.26. The molecule has 1 atom stereocenters. The Bertz CT molecular complexity index is 316. The molecule has 1 heterocycles. The Morgan fingerprint density at radius 2 is 2.14 bits per heavy atom. The average Bonchev–Trinajstić information content (AvgIpc) is 3.02. The predicted molar refractivity (Wildman–Crippen MR) is 55.0 cm³/mol. The fourth-order valence-corrected chi connectivity index (χ4v) is 1.62. The van der Waals surface area contributed by atoms with Gasteiger partial charge >= 0.3 is 0 Å². The molecule has 2 heteroatoms. The smallest absolute Gasteiger partial charge is 0.140 e. The first kappa shape index (κ1) is 9.38. The van der Waals surface area contributed by atoms with Gasteiger partial charge in [-0.15, -0.1) is 0 Å². The van der Waals surface area contributed by atoms with E-state index < -0.39 is 0 Å². The lowest BCUT2D eigenvalue weighted by Crippen LogP contribution is -2.09. The molecule has 1 aliphatic rings. The Balaban J connectivity index is 1.99. The maximum Gasteiger partial charge on any atom is 0.140 e. The number of carbonyl (C=O) groups excluding carboxylic acids is 1. The molecular formula is C12H15NO. The van der Waals surface area contributed by atoms with E-state index in [4.69, 9.17) is 0 Å². The van der Waals surface area contributed by atoms with Gasteiger partial charge in [-0.05, 0) is 36.5 Å². The van der Waals surface area contributed by atoms with E-state index in [0.717, 1.165) is 12.0 Å². The third-order valence-corrected chi connectivity index (χ3v) is 2.88. The van der Waals surface area contributed by atoms with Crippen molar-refractivity contribution in [2.45, 2.75) is 32.1 Å². The molecule has 74 valence electrons. The molecule has 0 bridgehead atoms. The maximum absolute atomic E-state index is 11.8. The van der Waals surface area contributed by atoms with Gasteiger partial charge in [0.1, 0.15) is 5.78 Å². The summed E-state index contributed by atoms with van der Waals surface area (Å²) in [6.07, 6.45) is 6.75. The van der Waals surface area contributed by atoms with Gasteiger partial charge in [0.15, 0.2) is 0 Å². The number of nitrogens with zero attached hydrogens (tertiary/aromatic N) is 1. The standard InChI is InChI=1S/C12H15NO/c1-9(11-4-6-13-7-5-11)12(14)8-10-2-3-10/h4-7,9-10H,2-3,8H2,1H3. The van der Waals surface area contributed by atoms with Crippen LogP contribution in [0.2, 0.25) is 0 Å². The van der Waals surface area contributed by atoms with Gasteiger partial charge in [0.25, 0.3) is 0 Å². The Morgan fingerprint density at radius 1 is 1.50 bits per heavy atom. The number of Topliss-reactive ketones (excluding diaryl/α,β-unsaturated/α-hetero) is 1. The van der Waals surface area contributed by atoms with Crippen LogP contribution in [0.5, 0.6) is 0 Å². The van der Waals surface area contributed by atoms with Crippen LogP contribution in [0.3, 0.4) is 0 Å². The van der Waals surface area contributed by atoms with Crippen LogP contribution in [0, 0.1) is 5.92 Å². The molecule has 1 aliphatic carbocycles. The molecule has 0 radical (unpaired) electrons. The van der Waals surface area contributed by atoms with Crippen LogP contribution >= 0.6 is 0 Å². The molecule has 1 unspecified atom stereocenters. The van der Waals surface area contributed by atoms with E-state index in [1.807, 2.05) is 19.1 Å². The minimum Gasteiger partial charge on any atom is -0.299 e. The Kier molecular flexibility index (Phi) is 2.62. The molecule has 2 rings (SSSR count). The van der Waals surface area contributed by atoms with Crippen LogP contribution in [0.15, 0.2) is 24.5 Å². The van der Waals surface area contributed by atoms with Crippen molar-refractivity contribution in [2.75, 3.05) is 0 Å². The van der Waals surface area contributed by atoms with Crippen molar-refractivity contribution < 1.29 is 4.79 Å². The molecule has 0 aromatic carbocycles. The molecule has 14 heavy (non-hydrogen) atoms. The molecule has 0 aliphatic heterocycles. The number of rotatable bonds is 4. The molecular weight excluding hydrogens is 174 g/mol. The van der Waals surface area contributed by atoms with Crippen LogP contribution < -0.4 is 0 Å². The Morgan fingerprint density at radius 3 is 2.71 bits per heavy atom. The zero-order chi connectivity index (χ0) is 9.97. The van der Waals surface area contributed by atoms with E-state index in [-0.39, 0.29) is 5.92 Å². The van der Waals surface area contributed by atoms with E-state index in [2.05, 4.69) is 4.98 Å². The minimum absolute atomic E-state index is 0.0404. The third-order valence-electron chi connectivity index (χ3n) is 2.88. The summed E-state index contributed by atoms with van der Waals surface area (Å²) in [4.78, 5) is 15.7. The van der Waals surface area contributed by atoms with E-state index in [0.29, 0.717) is 11.7 Å². The first-order valence-corrected chi connectivity index (χ1v) is 5.20. The molecule has 0 amide bonds. The average molecular weight is 189 g/mol. The van der Waals surface area contributed by atoms with Crippen molar-refractivity contribution in [3.05, 3.63) is 30.1 Å². The summed E-state index contributed by atoms with van der Waals surface area (Å²) < 4.78 is 0. The Labute approximate surface area is 84.4 Å². The number of ketones is 1. The summed E-state index contributed by atoms with van der Waals surface area (Å²) >= 11 is 0. The highest BCUT2D eigenvalue weighted by molar-refractivity contribution is 5.85. The zero-order valence-corrected chi connectivity index (χ0v) is 8.44. The van der Waals surface area contributed by atoms with E-state index in [1.54, 1.807) is 12.4 Å². The van der Waals surface area contributed by atoms with Gasteiger partial charge in [0.05, 0.1) is 0 Å². The highest BCUT2D eigenvalue weighted by atomic mass is 16.1. The summed E-state index contributed by atoms with van der Waals surface area (Å²) in [5.74, 6) is 1.10. The van der Waals surface area contributed by atoms with E-state index in [9.17, 15) is 4.79 Å². The molecule has 0 spiro atoms. The maximum atomic E-state index is 11.8. The topological polar surface area (TPSA) is 30.0 Å². The van der Waals surface area contributed by atoms with Crippen LogP contribution in [0.1, 0.15) is 37.7 Å². The van der Waals surface area contributed by atoms with Gasteiger partial charge in [0.2, 0.25) is 0 Å². The van der Waals surface area contributed by atoms with E-state index in [1.165, 1.54) is 12.8 Å². The lowest BCUT2D eigenvalue weighted by atomic mass is 9.94. The fraction of sp³-hybridized carbons (Fsp3) is 0.500. The number of aromatic nitrogens is 1. The second kappa shape index (κ2) is 3.91.